The molecule has 0 aliphatic heterocycles. The smallest absolute Gasteiger partial charge is 0.338 e. The van der Waals surface area contributed by atoms with Gasteiger partial charge < -0.3 is 9.22 Å². The van der Waals surface area contributed by atoms with Crippen molar-refractivity contribution in [1.29, 1.82) is 0 Å². The van der Waals surface area contributed by atoms with Gasteiger partial charge in [0.2, 0.25) is 0 Å². The van der Waals surface area contributed by atoms with Crippen LogP contribution < -0.4 is 0 Å². The molecule has 1 rings (SSSR count). The Morgan fingerprint density at radius 2 is 1.82 bits per heavy atom. The summed E-state index contributed by atoms with van der Waals surface area (Å²) in [5, 5.41) is 0. The van der Waals surface area contributed by atoms with Crippen LogP contribution in [0.25, 0.3) is 0 Å². The Labute approximate surface area is 116 Å². The molecule has 94 valence electrons. The molecule has 0 saturated heterocycles. The number of hydrogen-bond donors (Lipinski definition) is 0. The largest absolute Gasteiger partial charge is 0.462 e. The van der Waals surface area contributed by atoms with Gasteiger partial charge in [0.1, 0.15) is 0 Å². The third-order valence-corrected chi connectivity index (χ3v) is 3.01. The predicted molar refractivity (Wildman–Crippen MR) is 77.0 cm³/mol. The molecule has 0 aliphatic carbocycles. The number of quaternary nitrogens is 1. The molecule has 0 N–H and O–H groups in total. The van der Waals surface area contributed by atoms with Crippen molar-refractivity contribution in [3.63, 3.8) is 0 Å². The first kappa shape index (κ1) is 14.4. The van der Waals surface area contributed by atoms with Crippen LogP contribution in [0.3, 0.4) is 0 Å². The van der Waals surface area contributed by atoms with E-state index in [1.54, 1.807) is 12.1 Å². The van der Waals surface area contributed by atoms with E-state index in [1.165, 1.54) is 0 Å². The van der Waals surface area contributed by atoms with Gasteiger partial charge in [0.25, 0.3) is 0 Å². The second-order valence-corrected chi connectivity index (χ2v) is 6.26. The number of hydrogen-bond acceptors (Lipinski definition) is 2. The van der Waals surface area contributed by atoms with Gasteiger partial charge in [-0.3, -0.25) is 0 Å². The monoisotopic (exact) mass is 348 g/mol. The summed E-state index contributed by atoms with van der Waals surface area (Å²) in [5.74, 6) is -0.234. The van der Waals surface area contributed by atoms with Crippen LogP contribution in [0.1, 0.15) is 16.8 Å². The first-order chi connectivity index (χ1) is 7.88. The molecule has 1 aromatic rings. The number of ether oxygens (including phenoxy) is 1. The third-order valence-electron chi connectivity index (χ3n) is 2.29. The molecular weight excluding hydrogens is 329 g/mol. The summed E-state index contributed by atoms with van der Waals surface area (Å²) in [6, 6.07) is 7.40. The quantitative estimate of drug-likeness (QED) is 0.354. The lowest BCUT2D eigenvalue weighted by Gasteiger charge is -2.23. The highest BCUT2D eigenvalue weighted by Crippen LogP contribution is 2.08. The van der Waals surface area contributed by atoms with Gasteiger partial charge in [0.15, 0.2) is 0 Å². The number of carbonyl (C=O) groups is 1. The Morgan fingerprint density at radius 3 is 2.35 bits per heavy atom. The Kier molecular flexibility index (Phi) is 5.39. The fourth-order valence-electron chi connectivity index (χ4n) is 1.37. The molecule has 17 heavy (non-hydrogen) atoms. The molecule has 4 heteroatoms. The van der Waals surface area contributed by atoms with Crippen LogP contribution in [0.2, 0.25) is 0 Å². The molecule has 0 bridgehead atoms. The molecule has 0 heterocycles. The summed E-state index contributed by atoms with van der Waals surface area (Å²) in [6.07, 6.45) is 0.889. The van der Waals surface area contributed by atoms with E-state index in [4.69, 9.17) is 4.74 Å². The number of rotatable bonds is 5. The van der Waals surface area contributed by atoms with Gasteiger partial charge in [-0.05, 0) is 46.9 Å². The summed E-state index contributed by atoms with van der Waals surface area (Å²) >= 11 is 2.21. The lowest BCUT2D eigenvalue weighted by molar-refractivity contribution is -0.870. The van der Waals surface area contributed by atoms with Crippen LogP contribution in [0, 0.1) is 3.57 Å². The summed E-state index contributed by atoms with van der Waals surface area (Å²) < 4.78 is 7.22. The van der Waals surface area contributed by atoms with E-state index >= 15 is 0 Å². The van der Waals surface area contributed by atoms with E-state index in [0.717, 1.165) is 21.0 Å². The van der Waals surface area contributed by atoms with Crippen molar-refractivity contribution in [2.24, 2.45) is 0 Å². The Bertz CT molecular complexity index is 368. The highest BCUT2D eigenvalue weighted by Gasteiger charge is 2.09. The maximum absolute atomic E-state index is 11.7. The van der Waals surface area contributed by atoms with Crippen molar-refractivity contribution in [1.82, 2.24) is 0 Å². The molecule has 0 aromatic heterocycles. The van der Waals surface area contributed by atoms with Crippen molar-refractivity contribution in [2.45, 2.75) is 6.42 Å². The Morgan fingerprint density at radius 1 is 1.24 bits per heavy atom. The maximum Gasteiger partial charge on any atom is 0.338 e. The molecule has 0 unspecified atom stereocenters. The van der Waals surface area contributed by atoms with Gasteiger partial charge in [0, 0.05) is 9.99 Å². The third kappa shape index (κ3) is 6.02. The van der Waals surface area contributed by atoms with Crippen LogP contribution in [-0.2, 0) is 4.74 Å². The normalized spacial score (nSPS) is 11.3. The highest BCUT2D eigenvalue weighted by atomic mass is 127. The van der Waals surface area contributed by atoms with Crippen LogP contribution in [0.5, 0.6) is 0 Å². The molecule has 0 saturated carbocycles. The molecule has 0 aliphatic rings. The zero-order valence-corrected chi connectivity index (χ0v) is 12.7. The second-order valence-electron chi connectivity index (χ2n) is 5.01. The number of carbonyl (C=O) groups excluding carboxylic acids is 1. The minimum atomic E-state index is -0.234. The van der Waals surface area contributed by atoms with Gasteiger partial charge in [-0.1, -0.05) is 0 Å². The number of esters is 1. The van der Waals surface area contributed by atoms with Crippen LogP contribution in [0.15, 0.2) is 24.3 Å². The molecule has 0 atom stereocenters. The predicted octanol–water partition coefficient (Wildman–Crippen LogP) is 2.54. The summed E-state index contributed by atoms with van der Waals surface area (Å²) in [4.78, 5) is 11.7. The van der Waals surface area contributed by atoms with Gasteiger partial charge >= 0.3 is 5.97 Å². The average molecular weight is 348 g/mol. The van der Waals surface area contributed by atoms with Crippen LogP contribution >= 0.6 is 22.6 Å². The molecular formula is C13H19INO2+. The number of nitrogens with zero attached hydrogens (tertiary/aromatic N) is 1. The highest BCUT2D eigenvalue weighted by molar-refractivity contribution is 14.1. The SMILES string of the molecule is C[N+](C)(C)CCCOC(=O)c1ccc(I)cc1. The maximum atomic E-state index is 11.7. The van der Waals surface area contributed by atoms with Crippen molar-refractivity contribution in [3.8, 4) is 0 Å². The topological polar surface area (TPSA) is 26.3 Å². The fourth-order valence-corrected chi connectivity index (χ4v) is 1.73. The van der Waals surface area contributed by atoms with Crippen molar-refractivity contribution >= 4 is 28.6 Å². The van der Waals surface area contributed by atoms with E-state index in [1.807, 2.05) is 12.1 Å². The molecule has 0 spiro atoms. The Hall–Kier alpha value is -0.620. The van der Waals surface area contributed by atoms with Crippen molar-refractivity contribution < 1.29 is 14.0 Å². The van der Waals surface area contributed by atoms with Crippen LogP contribution in [-0.4, -0.2) is 44.7 Å². The zero-order chi connectivity index (χ0) is 12.9. The Balaban J connectivity index is 2.33. The van der Waals surface area contributed by atoms with Gasteiger partial charge in [-0.15, -0.1) is 0 Å². The standard InChI is InChI=1S/C13H19INO2/c1-15(2,3)9-4-10-17-13(16)11-5-7-12(14)8-6-11/h5-8H,4,9-10H2,1-3H3/q+1. The van der Waals surface area contributed by atoms with Gasteiger partial charge in [-0.2, -0.15) is 0 Å². The lowest BCUT2D eigenvalue weighted by atomic mass is 10.2. The van der Waals surface area contributed by atoms with E-state index in [-0.39, 0.29) is 5.97 Å². The molecule has 0 amide bonds. The molecule has 3 nitrogen and oxygen atoms in total. The summed E-state index contributed by atoms with van der Waals surface area (Å²) in [6.45, 7) is 1.49. The van der Waals surface area contributed by atoms with E-state index in [2.05, 4.69) is 43.7 Å². The molecule has 0 radical (unpaired) electrons. The van der Waals surface area contributed by atoms with Crippen molar-refractivity contribution in [2.75, 3.05) is 34.3 Å². The minimum absolute atomic E-state index is 0.234. The first-order valence-electron chi connectivity index (χ1n) is 5.62. The number of benzene rings is 1. The molecule has 1 aromatic carbocycles. The molecule has 0 fully saturated rings. The second kappa shape index (κ2) is 6.35. The van der Waals surface area contributed by atoms with E-state index in [0.29, 0.717) is 12.2 Å². The summed E-state index contributed by atoms with van der Waals surface area (Å²) in [7, 11) is 6.38. The minimum Gasteiger partial charge on any atom is -0.462 e. The fraction of sp³-hybridized carbons (Fsp3) is 0.462. The van der Waals surface area contributed by atoms with Gasteiger partial charge in [0.05, 0.1) is 39.9 Å². The van der Waals surface area contributed by atoms with E-state index < -0.39 is 0 Å². The zero-order valence-electron chi connectivity index (χ0n) is 10.6. The van der Waals surface area contributed by atoms with Gasteiger partial charge in [-0.25, -0.2) is 4.79 Å². The first-order valence-corrected chi connectivity index (χ1v) is 6.69. The lowest BCUT2D eigenvalue weighted by Crippen LogP contribution is -2.35. The summed E-state index contributed by atoms with van der Waals surface area (Å²) in [5.41, 5.74) is 0.621. The van der Waals surface area contributed by atoms with Crippen molar-refractivity contribution in [3.05, 3.63) is 33.4 Å². The number of halogens is 1. The average Bonchev–Trinajstić information content (AvgIpc) is 2.24. The van der Waals surface area contributed by atoms with E-state index in [9.17, 15) is 4.79 Å². The van der Waals surface area contributed by atoms with Crippen LogP contribution in [0.4, 0.5) is 0 Å².